The number of rotatable bonds is 5. The zero-order chi connectivity index (χ0) is 12.1. The monoisotopic (exact) mass is 266 g/mol. The summed E-state index contributed by atoms with van der Waals surface area (Å²) in [5, 5.41) is 9.61. The van der Waals surface area contributed by atoms with Crippen LogP contribution in [0.1, 0.15) is 5.56 Å². The van der Waals surface area contributed by atoms with Crippen LogP contribution in [0.15, 0.2) is 23.8 Å². The molecule has 0 aliphatic carbocycles. The Hall–Kier alpha value is -1.27. The second kappa shape index (κ2) is 5.88. The predicted octanol–water partition coefficient (Wildman–Crippen LogP) is 2.93. The fourth-order valence-corrected chi connectivity index (χ4v) is 2.26. The SMILES string of the molecule is Cc1ccsc1Nc1cc(NCCS)ncn1. The number of hydrogen-bond acceptors (Lipinski definition) is 6. The summed E-state index contributed by atoms with van der Waals surface area (Å²) in [7, 11) is 0. The van der Waals surface area contributed by atoms with E-state index in [2.05, 4.69) is 51.6 Å². The minimum absolute atomic E-state index is 0.775. The lowest BCUT2D eigenvalue weighted by Gasteiger charge is -2.07. The third kappa shape index (κ3) is 3.34. The Labute approximate surface area is 110 Å². The molecule has 2 aromatic rings. The molecule has 6 heteroatoms. The van der Waals surface area contributed by atoms with Crippen LogP contribution in [-0.4, -0.2) is 22.3 Å². The molecule has 0 aliphatic heterocycles. The zero-order valence-corrected chi connectivity index (χ0v) is 11.2. The molecule has 0 amide bonds. The zero-order valence-electron chi connectivity index (χ0n) is 9.47. The van der Waals surface area contributed by atoms with Gasteiger partial charge in [-0.25, -0.2) is 9.97 Å². The van der Waals surface area contributed by atoms with Crippen LogP contribution in [0.2, 0.25) is 0 Å². The molecule has 2 rings (SSSR count). The third-order valence-corrected chi connectivity index (χ3v) is 3.34. The van der Waals surface area contributed by atoms with Crippen molar-refractivity contribution in [3.05, 3.63) is 29.4 Å². The Morgan fingerprint density at radius 2 is 2.18 bits per heavy atom. The molecule has 17 heavy (non-hydrogen) atoms. The van der Waals surface area contributed by atoms with Crippen molar-refractivity contribution in [2.75, 3.05) is 22.9 Å². The Bertz CT molecular complexity index is 484. The number of nitrogens with zero attached hydrogens (tertiary/aromatic N) is 2. The smallest absolute Gasteiger partial charge is 0.136 e. The van der Waals surface area contributed by atoms with Crippen LogP contribution in [0.3, 0.4) is 0 Å². The molecule has 0 bridgehead atoms. The van der Waals surface area contributed by atoms with Gasteiger partial charge in [0.1, 0.15) is 18.0 Å². The Kier molecular flexibility index (Phi) is 4.22. The predicted molar refractivity (Wildman–Crippen MR) is 76.7 cm³/mol. The van der Waals surface area contributed by atoms with Gasteiger partial charge in [-0.15, -0.1) is 11.3 Å². The van der Waals surface area contributed by atoms with Crippen LogP contribution in [-0.2, 0) is 0 Å². The van der Waals surface area contributed by atoms with Crippen LogP contribution in [0, 0.1) is 6.92 Å². The maximum atomic E-state index is 4.19. The summed E-state index contributed by atoms with van der Waals surface area (Å²) in [6, 6.07) is 3.97. The molecule has 0 spiro atoms. The number of thiol groups is 1. The van der Waals surface area contributed by atoms with Crippen LogP contribution < -0.4 is 10.6 Å². The van der Waals surface area contributed by atoms with Crippen molar-refractivity contribution in [3.63, 3.8) is 0 Å². The Morgan fingerprint density at radius 3 is 2.88 bits per heavy atom. The standard InChI is InChI=1S/C11H14N4S2/c1-8-2-5-17-11(8)15-10-6-9(12-3-4-16)13-7-14-10/h2,5-7,16H,3-4H2,1H3,(H2,12,13,14,15). The first-order valence-corrected chi connectivity index (χ1v) is 6.78. The summed E-state index contributed by atoms with van der Waals surface area (Å²) in [4.78, 5) is 8.32. The Morgan fingerprint density at radius 1 is 1.35 bits per heavy atom. The van der Waals surface area contributed by atoms with Crippen molar-refractivity contribution < 1.29 is 0 Å². The first-order valence-electron chi connectivity index (χ1n) is 5.27. The summed E-state index contributed by atoms with van der Waals surface area (Å²) in [6.07, 6.45) is 1.55. The van der Waals surface area contributed by atoms with Gasteiger partial charge in [0.2, 0.25) is 0 Å². The number of aromatic nitrogens is 2. The quantitative estimate of drug-likeness (QED) is 0.728. The van der Waals surface area contributed by atoms with Crippen molar-refractivity contribution in [1.82, 2.24) is 9.97 Å². The minimum Gasteiger partial charge on any atom is -0.369 e. The summed E-state index contributed by atoms with van der Waals surface area (Å²) in [6.45, 7) is 2.86. The fraction of sp³-hybridized carbons (Fsp3) is 0.273. The second-order valence-corrected chi connectivity index (χ2v) is 4.86. The number of anilines is 3. The maximum Gasteiger partial charge on any atom is 0.136 e. The van der Waals surface area contributed by atoms with E-state index in [4.69, 9.17) is 0 Å². The largest absolute Gasteiger partial charge is 0.369 e. The summed E-state index contributed by atoms with van der Waals surface area (Å²) in [5.41, 5.74) is 1.22. The second-order valence-electron chi connectivity index (χ2n) is 3.50. The van der Waals surface area contributed by atoms with Gasteiger partial charge in [0.05, 0.1) is 5.00 Å². The molecule has 0 atom stereocenters. The minimum atomic E-state index is 0.775. The lowest BCUT2D eigenvalue weighted by atomic mass is 10.3. The molecule has 0 unspecified atom stereocenters. The van der Waals surface area contributed by atoms with E-state index in [0.717, 1.165) is 28.9 Å². The normalized spacial score (nSPS) is 10.2. The van der Waals surface area contributed by atoms with E-state index in [0.29, 0.717) is 0 Å². The summed E-state index contributed by atoms with van der Waals surface area (Å²) in [5.74, 6) is 2.38. The molecule has 2 aromatic heterocycles. The molecule has 0 radical (unpaired) electrons. The average molecular weight is 266 g/mol. The number of nitrogens with one attached hydrogen (secondary N) is 2. The average Bonchev–Trinajstić information content (AvgIpc) is 2.73. The van der Waals surface area contributed by atoms with Crippen LogP contribution >= 0.6 is 24.0 Å². The third-order valence-electron chi connectivity index (χ3n) is 2.19. The highest BCUT2D eigenvalue weighted by Gasteiger charge is 2.02. The maximum absolute atomic E-state index is 4.19. The first kappa shape index (κ1) is 12.2. The van der Waals surface area contributed by atoms with Crippen LogP contribution in [0.5, 0.6) is 0 Å². The van der Waals surface area contributed by atoms with Crippen molar-refractivity contribution >= 4 is 40.6 Å². The highest BCUT2D eigenvalue weighted by molar-refractivity contribution is 7.80. The van der Waals surface area contributed by atoms with Gasteiger partial charge in [-0.2, -0.15) is 12.6 Å². The molecule has 0 aliphatic rings. The van der Waals surface area contributed by atoms with E-state index < -0.39 is 0 Å². The first-order chi connectivity index (χ1) is 8.29. The van der Waals surface area contributed by atoms with E-state index >= 15 is 0 Å². The van der Waals surface area contributed by atoms with Crippen LogP contribution in [0.4, 0.5) is 16.6 Å². The molecular weight excluding hydrogens is 252 g/mol. The molecule has 0 saturated heterocycles. The van der Waals surface area contributed by atoms with Gasteiger partial charge in [0.25, 0.3) is 0 Å². The van der Waals surface area contributed by atoms with E-state index in [1.54, 1.807) is 17.7 Å². The van der Waals surface area contributed by atoms with Gasteiger partial charge in [-0.05, 0) is 23.9 Å². The van der Waals surface area contributed by atoms with Gasteiger partial charge >= 0.3 is 0 Å². The molecule has 2 heterocycles. The summed E-state index contributed by atoms with van der Waals surface area (Å²) >= 11 is 5.81. The molecule has 90 valence electrons. The van der Waals surface area contributed by atoms with E-state index in [1.807, 2.05) is 6.07 Å². The van der Waals surface area contributed by atoms with Gasteiger partial charge in [0, 0.05) is 18.4 Å². The van der Waals surface area contributed by atoms with Gasteiger partial charge in [-0.1, -0.05) is 0 Å². The van der Waals surface area contributed by atoms with Crippen molar-refractivity contribution in [2.45, 2.75) is 6.92 Å². The number of aryl methyl sites for hydroxylation is 1. The molecule has 0 aromatic carbocycles. The topological polar surface area (TPSA) is 49.8 Å². The number of thiophene rings is 1. The van der Waals surface area contributed by atoms with Crippen molar-refractivity contribution in [2.24, 2.45) is 0 Å². The Balaban J connectivity index is 2.08. The molecule has 0 fully saturated rings. The lowest BCUT2D eigenvalue weighted by molar-refractivity contribution is 1.12. The van der Waals surface area contributed by atoms with Gasteiger partial charge < -0.3 is 10.6 Å². The van der Waals surface area contributed by atoms with E-state index in [1.165, 1.54) is 5.56 Å². The molecule has 4 nitrogen and oxygen atoms in total. The van der Waals surface area contributed by atoms with E-state index in [-0.39, 0.29) is 0 Å². The van der Waals surface area contributed by atoms with Crippen LogP contribution in [0.25, 0.3) is 0 Å². The molecule has 0 saturated carbocycles. The highest BCUT2D eigenvalue weighted by Crippen LogP contribution is 2.25. The lowest BCUT2D eigenvalue weighted by Crippen LogP contribution is -2.05. The van der Waals surface area contributed by atoms with E-state index in [9.17, 15) is 0 Å². The van der Waals surface area contributed by atoms with Gasteiger partial charge in [0.15, 0.2) is 0 Å². The summed E-state index contributed by atoms with van der Waals surface area (Å²) < 4.78 is 0. The molecule has 2 N–H and O–H groups in total. The van der Waals surface area contributed by atoms with Gasteiger partial charge in [-0.3, -0.25) is 0 Å². The fourth-order valence-electron chi connectivity index (χ4n) is 1.32. The van der Waals surface area contributed by atoms with Crippen molar-refractivity contribution in [1.29, 1.82) is 0 Å². The molecular formula is C11H14N4S2. The number of hydrogen-bond donors (Lipinski definition) is 3. The highest BCUT2D eigenvalue weighted by atomic mass is 32.1. The van der Waals surface area contributed by atoms with Crippen molar-refractivity contribution in [3.8, 4) is 0 Å².